The highest BCUT2D eigenvalue weighted by Crippen LogP contribution is 2.21. The Morgan fingerprint density at radius 2 is 1.78 bits per heavy atom. The van der Waals surface area contributed by atoms with Crippen molar-refractivity contribution in [3.63, 3.8) is 0 Å². The molecule has 1 aliphatic carbocycles. The van der Waals surface area contributed by atoms with Crippen molar-refractivity contribution in [2.24, 2.45) is 11.7 Å². The van der Waals surface area contributed by atoms with Crippen molar-refractivity contribution in [1.29, 1.82) is 0 Å². The number of nitrogens with two attached hydrogens (primary N) is 1. The molecule has 4 atom stereocenters. The zero-order valence-electron chi connectivity index (χ0n) is 17.9. The molecule has 0 aromatic heterocycles. The van der Waals surface area contributed by atoms with Crippen molar-refractivity contribution in [2.45, 2.75) is 55.9 Å². The SMILES string of the molecule is CC(C)C[C@@H](NC(=O)C1=C[C@@H](NC(=O)CS(=O)(=O)c2ccccc2)[C@@H](O)[C@H](O)C1)C(N)=O. The van der Waals surface area contributed by atoms with Crippen molar-refractivity contribution in [1.82, 2.24) is 10.6 Å². The van der Waals surface area contributed by atoms with Gasteiger partial charge in [-0.05, 0) is 24.5 Å². The summed E-state index contributed by atoms with van der Waals surface area (Å²) in [6.45, 7) is 3.72. The average molecular weight is 468 g/mol. The largest absolute Gasteiger partial charge is 0.390 e. The number of amides is 3. The molecule has 0 spiro atoms. The molecule has 11 heteroatoms. The average Bonchev–Trinajstić information content (AvgIpc) is 2.70. The Labute approximate surface area is 186 Å². The Bertz CT molecular complexity index is 976. The van der Waals surface area contributed by atoms with Crippen LogP contribution in [-0.4, -0.2) is 66.4 Å². The normalized spacial score (nSPS) is 22.0. The van der Waals surface area contributed by atoms with E-state index in [1.54, 1.807) is 6.07 Å². The van der Waals surface area contributed by atoms with Crippen LogP contribution in [0.5, 0.6) is 0 Å². The van der Waals surface area contributed by atoms with E-state index in [0.717, 1.165) is 0 Å². The molecule has 6 N–H and O–H groups in total. The standard InChI is InChI=1S/C21H29N3O7S/c1-12(2)8-16(20(22)28)24-21(29)13-9-15(19(27)17(25)10-13)23-18(26)11-32(30,31)14-6-4-3-5-7-14/h3-7,9,12,15-17,19,25,27H,8,10-11H2,1-2H3,(H2,22,28)(H,23,26)(H,24,29)/t15-,16-,17-,19-/m1/s1. The second kappa shape index (κ2) is 10.7. The van der Waals surface area contributed by atoms with E-state index >= 15 is 0 Å². The van der Waals surface area contributed by atoms with Crippen molar-refractivity contribution >= 4 is 27.6 Å². The fourth-order valence-electron chi connectivity index (χ4n) is 3.34. The lowest BCUT2D eigenvalue weighted by Crippen LogP contribution is -2.53. The van der Waals surface area contributed by atoms with E-state index in [9.17, 15) is 33.0 Å². The van der Waals surface area contributed by atoms with Crippen molar-refractivity contribution < 1.29 is 33.0 Å². The van der Waals surface area contributed by atoms with Gasteiger partial charge in [-0.2, -0.15) is 0 Å². The highest BCUT2D eigenvalue weighted by molar-refractivity contribution is 7.92. The van der Waals surface area contributed by atoms with E-state index in [1.807, 2.05) is 13.8 Å². The summed E-state index contributed by atoms with van der Waals surface area (Å²) in [6.07, 6.45) is -1.48. The summed E-state index contributed by atoms with van der Waals surface area (Å²) in [5.41, 5.74) is 5.37. The number of hydrogen-bond donors (Lipinski definition) is 5. The fraction of sp³-hybridized carbons (Fsp3) is 0.476. The summed E-state index contributed by atoms with van der Waals surface area (Å²) in [5.74, 6) is -3.07. The minimum Gasteiger partial charge on any atom is -0.390 e. The van der Waals surface area contributed by atoms with E-state index in [4.69, 9.17) is 5.73 Å². The Morgan fingerprint density at radius 3 is 2.34 bits per heavy atom. The monoisotopic (exact) mass is 467 g/mol. The molecule has 0 saturated heterocycles. The molecule has 0 bridgehead atoms. The van der Waals surface area contributed by atoms with E-state index in [0.29, 0.717) is 6.42 Å². The summed E-state index contributed by atoms with van der Waals surface area (Å²) in [4.78, 5) is 36.5. The number of rotatable bonds is 9. The van der Waals surface area contributed by atoms with Crippen LogP contribution in [0.2, 0.25) is 0 Å². The Morgan fingerprint density at radius 1 is 1.16 bits per heavy atom. The van der Waals surface area contributed by atoms with Crippen LogP contribution in [-0.2, 0) is 24.2 Å². The molecule has 1 aromatic carbocycles. The molecule has 0 fully saturated rings. The molecule has 0 heterocycles. The Hall–Kier alpha value is -2.76. The minimum absolute atomic E-state index is 0.0300. The van der Waals surface area contributed by atoms with Crippen molar-refractivity contribution in [2.75, 3.05) is 5.75 Å². The first-order chi connectivity index (χ1) is 14.9. The molecule has 0 radical (unpaired) electrons. The van der Waals surface area contributed by atoms with Gasteiger partial charge in [0, 0.05) is 12.0 Å². The van der Waals surface area contributed by atoms with Crippen LogP contribution in [0, 0.1) is 5.92 Å². The van der Waals surface area contributed by atoms with Gasteiger partial charge >= 0.3 is 0 Å². The number of aliphatic hydroxyl groups is 2. The molecule has 32 heavy (non-hydrogen) atoms. The third-order valence-corrected chi connectivity index (χ3v) is 6.60. The van der Waals surface area contributed by atoms with E-state index < -0.39 is 57.6 Å². The maximum atomic E-state index is 12.6. The van der Waals surface area contributed by atoms with Gasteiger partial charge in [0.1, 0.15) is 17.9 Å². The predicted octanol–water partition coefficient (Wildman–Crippen LogP) is -0.987. The summed E-state index contributed by atoms with van der Waals surface area (Å²) in [6, 6.07) is 5.29. The van der Waals surface area contributed by atoms with Gasteiger partial charge < -0.3 is 26.6 Å². The highest BCUT2D eigenvalue weighted by Gasteiger charge is 2.35. The van der Waals surface area contributed by atoms with Gasteiger partial charge in [0.05, 0.1) is 17.0 Å². The summed E-state index contributed by atoms with van der Waals surface area (Å²) in [5, 5.41) is 25.2. The zero-order valence-corrected chi connectivity index (χ0v) is 18.7. The molecule has 0 aliphatic heterocycles. The lowest BCUT2D eigenvalue weighted by Gasteiger charge is -2.31. The van der Waals surface area contributed by atoms with E-state index in [1.165, 1.54) is 30.3 Å². The van der Waals surface area contributed by atoms with Gasteiger partial charge in [-0.1, -0.05) is 38.1 Å². The zero-order chi connectivity index (χ0) is 24.1. The number of aliphatic hydroxyl groups excluding tert-OH is 2. The molecule has 176 valence electrons. The molecule has 1 aromatic rings. The number of sulfone groups is 1. The summed E-state index contributed by atoms with van der Waals surface area (Å²) >= 11 is 0. The number of carbonyl (C=O) groups excluding carboxylic acids is 3. The van der Waals surface area contributed by atoms with Crippen LogP contribution in [0.25, 0.3) is 0 Å². The molecular formula is C21H29N3O7S. The molecule has 2 rings (SSSR count). The molecule has 0 saturated carbocycles. The third-order valence-electron chi connectivity index (χ3n) is 4.97. The van der Waals surface area contributed by atoms with Crippen LogP contribution >= 0.6 is 0 Å². The third kappa shape index (κ3) is 6.87. The number of carbonyl (C=O) groups is 3. The number of hydrogen-bond acceptors (Lipinski definition) is 7. The molecule has 3 amide bonds. The first-order valence-electron chi connectivity index (χ1n) is 10.1. The van der Waals surface area contributed by atoms with Crippen molar-refractivity contribution in [3.05, 3.63) is 42.0 Å². The highest BCUT2D eigenvalue weighted by atomic mass is 32.2. The van der Waals surface area contributed by atoms with Gasteiger partial charge in [-0.3, -0.25) is 14.4 Å². The summed E-state index contributed by atoms with van der Waals surface area (Å²) < 4.78 is 24.8. The fourth-order valence-corrected chi connectivity index (χ4v) is 4.51. The predicted molar refractivity (Wildman–Crippen MR) is 116 cm³/mol. The Kier molecular flexibility index (Phi) is 8.53. The van der Waals surface area contributed by atoms with Gasteiger partial charge in [0.2, 0.25) is 17.7 Å². The first-order valence-corrected chi connectivity index (χ1v) is 11.8. The molecule has 1 aliphatic rings. The van der Waals surface area contributed by atoms with Crippen LogP contribution in [0.1, 0.15) is 26.7 Å². The van der Waals surface area contributed by atoms with Gasteiger partial charge in [0.15, 0.2) is 9.84 Å². The van der Waals surface area contributed by atoms with Crippen molar-refractivity contribution in [3.8, 4) is 0 Å². The van der Waals surface area contributed by atoms with Crippen LogP contribution in [0.15, 0.2) is 46.9 Å². The Balaban J connectivity index is 2.13. The lowest BCUT2D eigenvalue weighted by molar-refractivity contribution is -0.126. The second-order valence-corrected chi connectivity index (χ2v) is 10.2. The van der Waals surface area contributed by atoms with E-state index in [-0.39, 0.29) is 22.8 Å². The van der Waals surface area contributed by atoms with E-state index in [2.05, 4.69) is 10.6 Å². The second-order valence-electron chi connectivity index (χ2n) is 8.18. The minimum atomic E-state index is -3.92. The van der Waals surface area contributed by atoms with Crippen LogP contribution in [0.3, 0.4) is 0 Å². The smallest absolute Gasteiger partial charge is 0.247 e. The molecular weight excluding hydrogens is 438 g/mol. The number of primary amides is 1. The topological polar surface area (TPSA) is 176 Å². The maximum absolute atomic E-state index is 12.6. The number of nitrogens with one attached hydrogen (secondary N) is 2. The van der Waals surface area contributed by atoms with Gasteiger partial charge in [0.25, 0.3) is 0 Å². The summed E-state index contributed by atoms with van der Waals surface area (Å²) in [7, 11) is -3.92. The molecule has 10 nitrogen and oxygen atoms in total. The van der Waals surface area contributed by atoms with Gasteiger partial charge in [-0.15, -0.1) is 0 Å². The quantitative estimate of drug-likeness (QED) is 0.310. The van der Waals surface area contributed by atoms with Crippen LogP contribution in [0.4, 0.5) is 0 Å². The number of benzene rings is 1. The molecule has 0 unspecified atom stereocenters. The van der Waals surface area contributed by atoms with Crippen LogP contribution < -0.4 is 16.4 Å². The lowest BCUT2D eigenvalue weighted by atomic mass is 9.89. The maximum Gasteiger partial charge on any atom is 0.247 e. The first kappa shape index (κ1) is 25.5. The van der Waals surface area contributed by atoms with Gasteiger partial charge in [-0.25, -0.2) is 8.42 Å².